The van der Waals surface area contributed by atoms with Crippen LogP contribution in [0.25, 0.3) is 0 Å². The Morgan fingerprint density at radius 1 is 1.67 bits per heavy atom. The van der Waals surface area contributed by atoms with Gasteiger partial charge in [0.15, 0.2) is 0 Å². The van der Waals surface area contributed by atoms with Crippen molar-refractivity contribution in [3.63, 3.8) is 0 Å². The summed E-state index contributed by atoms with van der Waals surface area (Å²) in [6.45, 7) is 4.17. The second-order valence-electron chi connectivity index (χ2n) is 2.22. The number of hydrogen-bond donors (Lipinski definition) is 1. The van der Waals surface area contributed by atoms with Crippen LogP contribution in [0.5, 0.6) is 0 Å². The smallest absolute Gasteiger partial charge is 0.0713 e. The van der Waals surface area contributed by atoms with Crippen LogP contribution in [0.3, 0.4) is 0 Å². The molecule has 0 aliphatic carbocycles. The number of oxime groups is 1. The number of nitrogens with zero attached hydrogens (tertiary/aromatic N) is 1. The van der Waals surface area contributed by atoms with Crippen LogP contribution in [0.15, 0.2) is 16.9 Å². The summed E-state index contributed by atoms with van der Waals surface area (Å²) in [5, 5.41) is 3.50. The predicted molar refractivity (Wildman–Crippen MR) is 35.6 cm³/mol. The zero-order valence-electron chi connectivity index (χ0n) is 5.59. The van der Waals surface area contributed by atoms with E-state index < -0.39 is 0 Å². The molecule has 0 unspecified atom stereocenters. The first kappa shape index (κ1) is 6.13. The molecule has 0 saturated carbocycles. The highest BCUT2D eigenvalue weighted by atomic mass is 16.8. The molecule has 0 aromatic heterocycles. The molecule has 1 rings (SSSR count). The van der Waals surface area contributed by atoms with Crippen LogP contribution >= 0.6 is 0 Å². The highest BCUT2D eigenvalue weighted by molar-refractivity contribution is 5.71. The molecule has 0 spiro atoms. The Labute approximate surface area is 54.3 Å². The highest BCUT2D eigenvalue weighted by Crippen LogP contribution is 2.06. The molecule has 1 heterocycles. The molecular formula is C6H10N2O. The zero-order chi connectivity index (χ0) is 6.69. The minimum Gasteiger partial charge on any atom is -0.271 e. The van der Waals surface area contributed by atoms with Gasteiger partial charge in [-0.25, -0.2) is 5.48 Å². The van der Waals surface area contributed by atoms with Crippen LogP contribution < -0.4 is 5.48 Å². The molecule has 3 nitrogen and oxygen atoms in total. The maximum atomic E-state index is 4.59. The molecular weight excluding hydrogens is 116 g/mol. The van der Waals surface area contributed by atoms with Gasteiger partial charge in [-0.05, 0) is 12.0 Å². The fourth-order valence-electron chi connectivity index (χ4n) is 0.565. The second kappa shape index (κ2) is 2.53. The molecule has 3 heteroatoms. The van der Waals surface area contributed by atoms with Gasteiger partial charge in [0.2, 0.25) is 0 Å². The van der Waals surface area contributed by atoms with E-state index in [2.05, 4.69) is 29.4 Å². The fourth-order valence-corrected chi connectivity index (χ4v) is 0.565. The molecule has 0 aromatic rings. The van der Waals surface area contributed by atoms with Crippen molar-refractivity contribution in [1.29, 1.82) is 0 Å². The topological polar surface area (TPSA) is 33.6 Å². The van der Waals surface area contributed by atoms with Crippen LogP contribution in [-0.4, -0.2) is 6.21 Å². The standard InChI is InChI=1S/C6H10N2O/c1-5(2)6-3-4-7-9-8-6/h3-5,8H,1-2H3. The van der Waals surface area contributed by atoms with E-state index in [-0.39, 0.29) is 0 Å². The van der Waals surface area contributed by atoms with E-state index in [1.165, 1.54) is 0 Å². The Bertz CT molecular complexity index is 149. The van der Waals surface area contributed by atoms with Gasteiger partial charge in [-0.3, -0.25) is 4.94 Å². The number of allylic oxidation sites excluding steroid dienone is 2. The van der Waals surface area contributed by atoms with Gasteiger partial charge in [0.1, 0.15) is 0 Å². The molecule has 0 saturated heterocycles. The van der Waals surface area contributed by atoms with Gasteiger partial charge in [-0.2, -0.15) is 0 Å². The van der Waals surface area contributed by atoms with Crippen LogP contribution in [0.2, 0.25) is 0 Å². The summed E-state index contributed by atoms with van der Waals surface area (Å²) >= 11 is 0. The lowest BCUT2D eigenvalue weighted by Gasteiger charge is -2.12. The number of rotatable bonds is 1. The molecule has 9 heavy (non-hydrogen) atoms. The van der Waals surface area contributed by atoms with E-state index in [1.54, 1.807) is 6.21 Å². The largest absolute Gasteiger partial charge is 0.271 e. The van der Waals surface area contributed by atoms with Crippen molar-refractivity contribution in [2.24, 2.45) is 11.1 Å². The lowest BCUT2D eigenvalue weighted by atomic mass is 10.1. The normalized spacial score (nSPS) is 16.6. The minimum absolute atomic E-state index is 0.469. The molecule has 50 valence electrons. The third-order valence-electron chi connectivity index (χ3n) is 1.15. The highest BCUT2D eigenvalue weighted by Gasteiger charge is 2.03. The van der Waals surface area contributed by atoms with Gasteiger partial charge in [0.25, 0.3) is 0 Å². The van der Waals surface area contributed by atoms with Crippen LogP contribution in [0.1, 0.15) is 13.8 Å². The van der Waals surface area contributed by atoms with Gasteiger partial charge in [0.05, 0.1) is 11.9 Å². The second-order valence-corrected chi connectivity index (χ2v) is 2.22. The maximum absolute atomic E-state index is 4.59. The quantitative estimate of drug-likeness (QED) is 0.569. The summed E-state index contributed by atoms with van der Waals surface area (Å²) < 4.78 is 0. The predicted octanol–water partition coefficient (Wildman–Crippen LogP) is 1.05. The van der Waals surface area contributed by atoms with Crippen molar-refractivity contribution in [1.82, 2.24) is 5.48 Å². The summed E-state index contributed by atoms with van der Waals surface area (Å²) in [5.74, 6) is 0.469. The molecule has 0 radical (unpaired) electrons. The first-order chi connectivity index (χ1) is 4.30. The monoisotopic (exact) mass is 126 g/mol. The molecule has 1 N–H and O–H groups in total. The van der Waals surface area contributed by atoms with E-state index >= 15 is 0 Å². The molecule has 0 aromatic carbocycles. The van der Waals surface area contributed by atoms with Crippen molar-refractivity contribution in [2.75, 3.05) is 0 Å². The molecule has 0 amide bonds. The van der Waals surface area contributed by atoms with Crippen molar-refractivity contribution in [3.8, 4) is 0 Å². The third kappa shape index (κ3) is 1.45. The first-order valence-corrected chi connectivity index (χ1v) is 2.96. The summed E-state index contributed by atoms with van der Waals surface area (Å²) in [7, 11) is 0. The maximum Gasteiger partial charge on any atom is 0.0713 e. The lowest BCUT2D eigenvalue weighted by Crippen LogP contribution is -2.18. The minimum atomic E-state index is 0.469. The third-order valence-corrected chi connectivity index (χ3v) is 1.15. The van der Waals surface area contributed by atoms with Gasteiger partial charge in [-0.1, -0.05) is 19.0 Å². The number of hydroxylamine groups is 1. The molecule has 0 atom stereocenters. The zero-order valence-corrected chi connectivity index (χ0v) is 5.59. The van der Waals surface area contributed by atoms with Crippen molar-refractivity contribution < 1.29 is 4.94 Å². The Hall–Kier alpha value is -0.990. The van der Waals surface area contributed by atoms with Gasteiger partial charge in [-0.15, -0.1) is 0 Å². The van der Waals surface area contributed by atoms with Crippen molar-refractivity contribution in [2.45, 2.75) is 13.8 Å². The summed E-state index contributed by atoms with van der Waals surface area (Å²) in [6, 6.07) is 0. The van der Waals surface area contributed by atoms with Crippen molar-refractivity contribution >= 4 is 6.21 Å². The van der Waals surface area contributed by atoms with E-state index in [0.29, 0.717) is 5.92 Å². The SMILES string of the molecule is CC(C)C1=CC=NON1. The number of hydrogen-bond acceptors (Lipinski definition) is 3. The van der Waals surface area contributed by atoms with Gasteiger partial charge in [0, 0.05) is 0 Å². The fraction of sp³-hybridized carbons (Fsp3) is 0.500. The van der Waals surface area contributed by atoms with E-state index in [0.717, 1.165) is 5.70 Å². The van der Waals surface area contributed by atoms with Gasteiger partial charge < -0.3 is 0 Å². The summed E-state index contributed by atoms with van der Waals surface area (Å²) in [5.41, 5.74) is 3.74. The van der Waals surface area contributed by atoms with Crippen LogP contribution in [0.4, 0.5) is 0 Å². The molecule has 0 bridgehead atoms. The number of nitrogens with one attached hydrogen (secondary N) is 1. The van der Waals surface area contributed by atoms with Crippen LogP contribution in [0, 0.1) is 5.92 Å². The van der Waals surface area contributed by atoms with Gasteiger partial charge >= 0.3 is 0 Å². The van der Waals surface area contributed by atoms with Crippen molar-refractivity contribution in [3.05, 3.63) is 11.8 Å². The van der Waals surface area contributed by atoms with Crippen LogP contribution in [-0.2, 0) is 4.94 Å². The molecule has 0 fully saturated rings. The summed E-state index contributed by atoms with van der Waals surface area (Å²) in [4.78, 5) is 4.59. The van der Waals surface area contributed by atoms with E-state index in [4.69, 9.17) is 0 Å². The Kier molecular flexibility index (Phi) is 1.72. The average molecular weight is 126 g/mol. The molecule has 1 aliphatic heterocycles. The first-order valence-electron chi connectivity index (χ1n) is 2.96. The average Bonchev–Trinajstić information content (AvgIpc) is 1.90. The summed E-state index contributed by atoms with van der Waals surface area (Å²) in [6.07, 6.45) is 3.53. The molecule has 1 aliphatic rings. The Balaban J connectivity index is 2.57. The Morgan fingerprint density at radius 3 is 2.78 bits per heavy atom. The van der Waals surface area contributed by atoms with E-state index in [1.807, 2.05) is 6.08 Å². The van der Waals surface area contributed by atoms with E-state index in [9.17, 15) is 0 Å². The Morgan fingerprint density at radius 2 is 2.44 bits per heavy atom. The lowest BCUT2D eigenvalue weighted by molar-refractivity contribution is 0.0610.